The van der Waals surface area contributed by atoms with Crippen LogP contribution in [0.25, 0.3) is 0 Å². The van der Waals surface area contributed by atoms with E-state index in [4.69, 9.17) is 9.47 Å². The number of amides is 2. The summed E-state index contributed by atoms with van der Waals surface area (Å²) in [6.45, 7) is 0. The fourth-order valence-corrected chi connectivity index (χ4v) is 4.23. The van der Waals surface area contributed by atoms with Crippen LogP contribution in [0.4, 0.5) is 0 Å². The van der Waals surface area contributed by atoms with Crippen LogP contribution in [-0.2, 0) is 9.59 Å². The molecule has 4 aliphatic rings. The number of ether oxygens (including phenoxy) is 2. The number of carbonyl (C=O) groups is 2. The molecule has 1 aliphatic heterocycles. The third-order valence-electron chi connectivity index (χ3n) is 5.47. The van der Waals surface area contributed by atoms with E-state index in [9.17, 15) is 9.59 Å². The fourth-order valence-electron chi connectivity index (χ4n) is 4.23. The zero-order chi connectivity index (χ0) is 17.6. The number of nitrogens with zero attached hydrogens (tertiary/aromatic N) is 2. The van der Waals surface area contributed by atoms with Gasteiger partial charge >= 0.3 is 0 Å². The van der Waals surface area contributed by atoms with Crippen LogP contribution < -0.4 is 9.47 Å². The minimum Gasteiger partial charge on any atom is -0.493 e. The Balaban J connectivity index is 1.58. The third-order valence-corrected chi connectivity index (χ3v) is 5.47. The van der Waals surface area contributed by atoms with Gasteiger partial charge in [0.15, 0.2) is 11.5 Å². The van der Waals surface area contributed by atoms with Crippen LogP contribution >= 0.6 is 0 Å². The van der Waals surface area contributed by atoms with Crippen LogP contribution in [0.3, 0.4) is 0 Å². The monoisotopic (exact) mass is 340 g/mol. The lowest BCUT2D eigenvalue weighted by Crippen LogP contribution is -2.38. The average molecular weight is 340 g/mol. The first-order valence-corrected chi connectivity index (χ1v) is 8.46. The van der Waals surface area contributed by atoms with Crippen molar-refractivity contribution in [2.45, 2.75) is 12.8 Å². The second-order valence-corrected chi connectivity index (χ2v) is 6.69. The first kappa shape index (κ1) is 15.9. The molecule has 3 aliphatic carbocycles. The zero-order valence-corrected chi connectivity index (χ0v) is 14.2. The molecule has 0 radical (unpaired) electrons. The zero-order valence-electron chi connectivity index (χ0n) is 14.2. The molecular formula is C19H20N2O4. The topological polar surface area (TPSA) is 68.2 Å². The van der Waals surface area contributed by atoms with E-state index in [1.807, 2.05) is 0 Å². The highest BCUT2D eigenvalue weighted by Gasteiger charge is 2.56. The molecule has 6 heteroatoms. The predicted molar refractivity (Wildman–Crippen MR) is 91.3 cm³/mol. The number of rotatable bonds is 4. The van der Waals surface area contributed by atoms with Crippen LogP contribution in [0.2, 0.25) is 0 Å². The van der Waals surface area contributed by atoms with Gasteiger partial charge in [0.1, 0.15) is 0 Å². The predicted octanol–water partition coefficient (Wildman–Crippen LogP) is 2.23. The van der Waals surface area contributed by atoms with Crippen molar-refractivity contribution < 1.29 is 19.1 Å². The summed E-state index contributed by atoms with van der Waals surface area (Å²) in [5.74, 6) is 0.706. The summed E-state index contributed by atoms with van der Waals surface area (Å²) >= 11 is 0. The van der Waals surface area contributed by atoms with Crippen LogP contribution in [0.1, 0.15) is 18.4 Å². The summed E-state index contributed by atoms with van der Waals surface area (Å²) in [4.78, 5) is 25.4. The van der Waals surface area contributed by atoms with Gasteiger partial charge in [-0.05, 0) is 48.4 Å². The van der Waals surface area contributed by atoms with E-state index in [2.05, 4.69) is 17.3 Å². The number of methoxy groups -OCH3 is 2. The molecule has 0 unspecified atom stereocenters. The first-order chi connectivity index (χ1) is 12.1. The summed E-state index contributed by atoms with van der Waals surface area (Å²) in [6, 6.07) is 5.32. The van der Waals surface area contributed by atoms with Crippen molar-refractivity contribution in [3.63, 3.8) is 0 Å². The normalized spacial score (nSPS) is 30.2. The lowest BCUT2D eigenvalue weighted by atomic mass is 9.63. The Labute approximate surface area is 146 Å². The summed E-state index contributed by atoms with van der Waals surface area (Å²) in [5, 5.41) is 5.25. The maximum Gasteiger partial charge on any atom is 0.254 e. The van der Waals surface area contributed by atoms with Crippen molar-refractivity contribution in [1.82, 2.24) is 5.01 Å². The maximum absolute atomic E-state index is 12.7. The average Bonchev–Trinajstić information content (AvgIpc) is 2.93. The van der Waals surface area contributed by atoms with Crippen molar-refractivity contribution in [2.24, 2.45) is 28.8 Å². The minimum absolute atomic E-state index is 0.174. The number of fused-ring (bicyclic) bond motifs is 1. The fraction of sp³-hybridized carbons (Fsp3) is 0.421. The highest BCUT2D eigenvalue weighted by atomic mass is 16.5. The number of hydrogen-bond donors (Lipinski definition) is 0. The Kier molecular flexibility index (Phi) is 3.82. The number of hydrogen-bond acceptors (Lipinski definition) is 5. The third kappa shape index (κ3) is 2.44. The molecule has 1 saturated carbocycles. The standard InChI is InChI=1S/C19H20N2O4/c1-24-14-8-3-11(9-15(14)25-2)10-20-21-18(22)16-12-4-5-13(7-6-12)17(16)19(21)23/h3-5,8-10,12-13,16-17H,6-7H2,1-2H3/b20-10-/t12-,13+,16-,17+. The second-order valence-electron chi connectivity index (χ2n) is 6.69. The Morgan fingerprint density at radius 1 is 1.00 bits per heavy atom. The van der Waals surface area contributed by atoms with E-state index in [1.54, 1.807) is 32.4 Å². The van der Waals surface area contributed by atoms with E-state index in [0.29, 0.717) is 11.5 Å². The molecule has 1 heterocycles. The van der Waals surface area contributed by atoms with Crippen LogP contribution in [0.15, 0.2) is 35.5 Å². The van der Waals surface area contributed by atoms with Gasteiger partial charge in [-0.1, -0.05) is 12.2 Å². The molecule has 2 bridgehead atoms. The molecule has 0 N–H and O–H groups in total. The van der Waals surface area contributed by atoms with Crippen molar-refractivity contribution in [3.8, 4) is 11.5 Å². The molecule has 1 aromatic carbocycles. The highest BCUT2D eigenvalue weighted by molar-refractivity contribution is 6.06. The van der Waals surface area contributed by atoms with E-state index < -0.39 is 0 Å². The lowest BCUT2D eigenvalue weighted by Gasteiger charge is -2.37. The quantitative estimate of drug-likeness (QED) is 0.479. The number of imide groups is 1. The summed E-state index contributed by atoms with van der Waals surface area (Å²) in [6.07, 6.45) is 7.68. The summed E-state index contributed by atoms with van der Waals surface area (Å²) in [5.41, 5.74) is 0.731. The SMILES string of the molecule is COc1ccc(/C=N\N2C(=O)[C@@H]3[C@H](C2=O)[C@@H]2C=C[C@H]3CC2)cc1OC. The van der Waals surface area contributed by atoms with Gasteiger partial charge in [0, 0.05) is 0 Å². The molecule has 25 heavy (non-hydrogen) atoms. The summed E-state index contributed by atoms with van der Waals surface area (Å²) < 4.78 is 10.5. The minimum atomic E-state index is -0.237. The first-order valence-electron chi connectivity index (χ1n) is 8.46. The van der Waals surface area contributed by atoms with E-state index in [-0.39, 0.29) is 35.5 Å². The molecule has 0 aromatic heterocycles. The van der Waals surface area contributed by atoms with Gasteiger partial charge in [0.05, 0.1) is 32.3 Å². The van der Waals surface area contributed by atoms with Gasteiger partial charge in [0.25, 0.3) is 11.8 Å². The van der Waals surface area contributed by atoms with Crippen LogP contribution in [0, 0.1) is 23.7 Å². The van der Waals surface area contributed by atoms with Crippen LogP contribution in [-0.4, -0.2) is 37.3 Å². The summed E-state index contributed by atoms with van der Waals surface area (Å²) in [7, 11) is 3.12. The van der Waals surface area contributed by atoms with E-state index in [1.165, 1.54) is 6.21 Å². The maximum atomic E-state index is 12.7. The molecule has 2 fully saturated rings. The number of benzene rings is 1. The van der Waals surface area contributed by atoms with Crippen molar-refractivity contribution >= 4 is 18.0 Å². The Morgan fingerprint density at radius 2 is 1.60 bits per heavy atom. The lowest BCUT2D eigenvalue weighted by molar-refractivity contribution is -0.140. The number of allylic oxidation sites excluding steroid dienone is 2. The highest BCUT2D eigenvalue weighted by Crippen LogP contribution is 2.49. The second kappa shape index (κ2) is 6.02. The van der Waals surface area contributed by atoms with Crippen molar-refractivity contribution in [1.29, 1.82) is 0 Å². The number of hydrazone groups is 1. The molecular weight excluding hydrogens is 320 g/mol. The molecule has 4 atom stereocenters. The van der Waals surface area contributed by atoms with Gasteiger partial charge in [-0.25, -0.2) is 0 Å². The largest absolute Gasteiger partial charge is 0.493 e. The molecule has 6 nitrogen and oxygen atoms in total. The van der Waals surface area contributed by atoms with Gasteiger partial charge < -0.3 is 9.47 Å². The van der Waals surface area contributed by atoms with Gasteiger partial charge in [0.2, 0.25) is 0 Å². The van der Waals surface area contributed by atoms with Gasteiger partial charge in [-0.3, -0.25) is 9.59 Å². The Hall–Kier alpha value is -2.63. The Bertz CT molecular complexity index is 754. The molecule has 1 aromatic rings. The van der Waals surface area contributed by atoms with E-state index >= 15 is 0 Å². The molecule has 130 valence electrons. The number of carbonyl (C=O) groups excluding carboxylic acids is 2. The van der Waals surface area contributed by atoms with Crippen LogP contribution in [0.5, 0.6) is 11.5 Å². The van der Waals surface area contributed by atoms with Gasteiger partial charge in [-0.2, -0.15) is 10.1 Å². The molecule has 2 amide bonds. The van der Waals surface area contributed by atoms with Gasteiger partial charge in [-0.15, -0.1) is 0 Å². The van der Waals surface area contributed by atoms with E-state index in [0.717, 1.165) is 23.4 Å². The Morgan fingerprint density at radius 3 is 2.12 bits per heavy atom. The molecule has 5 rings (SSSR count). The smallest absolute Gasteiger partial charge is 0.254 e. The molecule has 0 spiro atoms. The molecule has 1 saturated heterocycles. The van der Waals surface area contributed by atoms with Crippen molar-refractivity contribution in [2.75, 3.05) is 14.2 Å². The van der Waals surface area contributed by atoms with Crippen molar-refractivity contribution in [3.05, 3.63) is 35.9 Å².